The first-order valence-corrected chi connectivity index (χ1v) is 8.05. The molecule has 0 fully saturated rings. The molecule has 112 valence electrons. The van der Waals surface area contributed by atoms with Crippen molar-refractivity contribution in [2.75, 3.05) is 13.7 Å². The summed E-state index contributed by atoms with van der Waals surface area (Å²) in [6, 6.07) is 7.59. The van der Waals surface area contributed by atoms with Gasteiger partial charge in [0, 0.05) is 11.4 Å². The van der Waals surface area contributed by atoms with E-state index in [1.54, 1.807) is 7.11 Å². The highest BCUT2D eigenvalue weighted by atomic mass is 79.9. The van der Waals surface area contributed by atoms with Crippen molar-refractivity contribution in [3.8, 4) is 5.75 Å². The number of amides is 1. The number of carbonyl (C=O) groups is 1. The normalized spacial score (nSPS) is 12.2. The van der Waals surface area contributed by atoms with Crippen LogP contribution in [0.5, 0.6) is 5.75 Å². The fourth-order valence-electron chi connectivity index (χ4n) is 2.17. The van der Waals surface area contributed by atoms with Crippen LogP contribution < -0.4 is 10.1 Å². The smallest absolute Gasteiger partial charge is 0.224 e. The van der Waals surface area contributed by atoms with E-state index in [0.29, 0.717) is 23.7 Å². The monoisotopic (exact) mass is 341 g/mol. The van der Waals surface area contributed by atoms with Crippen LogP contribution in [0.1, 0.15) is 32.3 Å². The quantitative estimate of drug-likeness (QED) is 0.734. The largest absolute Gasteiger partial charge is 0.497 e. The van der Waals surface area contributed by atoms with Gasteiger partial charge >= 0.3 is 0 Å². The van der Waals surface area contributed by atoms with Gasteiger partial charge in [-0.1, -0.05) is 54.8 Å². The molecule has 0 bridgehead atoms. The first-order valence-electron chi connectivity index (χ1n) is 7.14. The van der Waals surface area contributed by atoms with Gasteiger partial charge in [0.2, 0.25) is 5.91 Å². The van der Waals surface area contributed by atoms with Crippen molar-refractivity contribution in [3.05, 3.63) is 29.8 Å². The molecule has 20 heavy (non-hydrogen) atoms. The molecule has 1 rings (SSSR count). The first kappa shape index (κ1) is 17.0. The van der Waals surface area contributed by atoms with E-state index in [-0.39, 0.29) is 5.91 Å². The van der Waals surface area contributed by atoms with E-state index in [1.165, 1.54) is 0 Å². The van der Waals surface area contributed by atoms with Gasteiger partial charge in [-0.05, 0) is 23.6 Å². The minimum Gasteiger partial charge on any atom is -0.497 e. The highest BCUT2D eigenvalue weighted by molar-refractivity contribution is 9.09. The molecule has 4 heteroatoms. The number of alkyl halides is 1. The third-order valence-corrected chi connectivity index (χ3v) is 4.65. The molecule has 0 aliphatic carbocycles. The summed E-state index contributed by atoms with van der Waals surface area (Å²) >= 11 is 3.67. The molecule has 1 aromatic rings. The van der Waals surface area contributed by atoms with Gasteiger partial charge in [0.1, 0.15) is 5.75 Å². The fraction of sp³-hybridized carbons (Fsp3) is 0.562. The Hall–Kier alpha value is -1.03. The number of rotatable bonds is 8. The maximum absolute atomic E-state index is 11.9. The van der Waals surface area contributed by atoms with E-state index in [4.69, 9.17) is 4.74 Å². The third-order valence-electron chi connectivity index (χ3n) is 3.58. The molecule has 0 saturated carbocycles. The van der Waals surface area contributed by atoms with Crippen LogP contribution in [0, 0.1) is 5.92 Å². The number of methoxy groups -OCH3 is 1. The lowest BCUT2D eigenvalue weighted by Gasteiger charge is -2.19. The number of ether oxygens (including phenoxy) is 1. The van der Waals surface area contributed by atoms with E-state index in [0.717, 1.165) is 24.2 Å². The maximum Gasteiger partial charge on any atom is 0.224 e. The summed E-state index contributed by atoms with van der Waals surface area (Å²) in [5.74, 6) is 1.48. The zero-order valence-corrected chi connectivity index (χ0v) is 14.1. The standard InChI is InChI=1S/C16H24BrNO2/c1-4-13(5-2)15(17)11-18-16(19)10-12-6-8-14(20-3)9-7-12/h6-9,13,15H,4-5,10-11H2,1-3H3,(H,18,19). The number of nitrogens with one attached hydrogen (secondary N) is 1. The number of halogens is 1. The Bertz CT molecular complexity index is 401. The molecule has 1 atom stereocenters. The molecule has 3 nitrogen and oxygen atoms in total. The van der Waals surface area contributed by atoms with Gasteiger partial charge in [0.25, 0.3) is 0 Å². The lowest BCUT2D eigenvalue weighted by Crippen LogP contribution is -2.33. The fourth-order valence-corrected chi connectivity index (χ4v) is 3.08. The highest BCUT2D eigenvalue weighted by Gasteiger charge is 2.16. The van der Waals surface area contributed by atoms with Crippen molar-refractivity contribution >= 4 is 21.8 Å². The van der Waals surface area contributed by atoms with Gasteiger partial charge in [-0.15, -0.1) is 0 Å². The van der Waals surface area contributed by atoms with Crippen LogP contribution in [0.2, 0.25) is 0 Å². The molecular weight excluding hydrogens is 318 g/mol. The minimum atomic E-state index is 0.0607. The summed E-state index contributed by atoms with van der Waals surface area (Å²) in [5.41, 5.74) is 0.997. The Labute approximate surface area is 130 Å². The van der Waals surface area contributed by atoms with E-state index in [9.17, 15) is 4.79 Å². The topological polar surface area (TPSA) is 38.3 Å². The molecule has 0 aliphatic heterocycles. The Balaban J connectivity index is 2.39. The predicted molar refractivity (Wildman–Crippen MR) is 86.5 cm³/mol. The van der Waals surface area contributed by atoms with Crippen LogP contribution in [0.4, 0.5) is 0 Å². The molecule has 0 aromatic heterocycles. The second-order valence-electron chi connectivity index (χ2n) is 4.92. The average molecular weight is 342 g/mol. The van der Waals surface area contributed by atoms with Gasteiger partial charge in [0.15, 0.2) is 0 Å². The van der Waals surface area contributed by atoms with Crippen molar-refractivity contribution in [2.24, 2.45) is 5.92 Å². The van der Waals surface area contributed by atoms with Crippen LogP contribution >= 0.6 is 15.9 Å². The predicted octanol–water partition coefficient (Wildman–Crippen LogP) is 3.55. The Morgan fingerprint density at radius 3 is 2.35 bits per heavy atom. The third kappa shape index (κ3) is 5.53. The first-order chi connectivity index (χ1) is 9.60. The van der Waals surface area contributed by atoms with Gasteiger partial charge < -0.3 is 10.1 Å². The van der Waals surface area contributed by atoms with Crippen LogP contribution in [-0.4, -0.2) is 24.4 Å². The summed E-state index contributed by atoms with van der Waals surface area (Å²) in [6.45, 7) is 5.05. The van der Waals surface area contributed by atoms with Crippen molar-refractivity contribution < 1.29 is 9.53 Å². The molecule has 1 amide bonds. The van der Waals surface area contributed by atoms with Gasteiger partial charge in [-0.25, -0.2) is 0 Å². The molecule has 0 heterocycles. The summed E-state index contributed by atoms with van der Waals surface area (Å²) < 4.78 is 5.10. The van der Waals surface area contributed by atoms with E-state index < -0.39 is 0 Å². The molecule has 0 aliphatic rings. The maximum atomic E-state index is 11.9. The second kappa shape index (κ2) is 9.01. The SMILES string of the molecule is CCC(CC)C(Br)CNC(=O)Cc1ccc(OC)cc1. The lowest BCUT2D eigenvalue weighted by atomic mass is 9.99. The molecule has 1 unspecified atom stereocenters. The van der Waals surface area contributed by atoms with E-state index in [2.05, 4.69) is 35.1 Å². The van der Waals surface area contributed by atoms with E-state index in [1.807, 2.05) is 24.3 Å². The van der Waals surface area contributed by atoms with Gasteiger partial charge in [-0.2, -0.15) is 0 Å². The zero-order chi connectivity index (χ0) is 15.0. The number of hydrogen-bond donors (Lipinski definition) is 1. The molecule has 0 radical (unpaired) electrons. The van der Waals surface area contributed by atoms with Crippen LogP contribution in [0.25, 0.3) is 0 Å². The Kier molecular flexibility index (Phi) is 7.67. The van der Waals surface area contributed by atoms with Gasteiger partial charge in [-0.3, -0.25) is 4.79 Å². The molecule has 0 saturated heterocycles. The van der Waals surface area contributed by atoms with Crippen molar-refractivity contribution in [1.29, 1.82) is 0 Å². The van der Waals surface area contributed by atoms with Crippen LogP contribution in [0.3, 0.4) is 0 Å². The Morgan fingerprint density at radius 1 is 1.25 bits per heavy atom. The van der Waals surface area contributed by atoms with Crippen LogP contribution in [-0.2, 0) is 11.2 Å². The molecule has 0 spiro atoms. The summed E-state index contributed by atoms with van der Waals surface area (Å²) in [4.78, 5) is 12.3. The summed E-state index contributed by atoms with van der Waals surface area (Å²) in [6.07, 6.45) is 2.66. The van der Waals surface area contributed by atoms with Crippen molar-refractivity contribution in [2.45, 2.75) is 37.9 Å². The lowest BCUT2D eigenvalue weighted by molar-refractivity contribution is -0.120. The highest BCUT2D eigenvalue weighted by Crippen LogP contribution is 2.19. The van der Waals surface area contributed by atoms with Crippen molar-refractivity contribution in [1.82, 2.24) is 5.32 Å². The second-order valence-corrected chi connectivity index (χ2v) is 6.10. The average Bonchev–Trinajstić information content (AvgIpc) is 2.47. The molecule has 1 N–H and O–H groups in total. The van der Waals surface area contributed by atoms with Crippen LogP contribution in [0.15, 0.2) is 24.3 Å². The zero-order valence-electron chi connectivity index (χ0n) is 12.5. The Morgan fingerprint density at radius 2 is 1.85 bits per heavy atom. The number of benzene rings is 1. The number of hydrogen-bond acceptors (Lipinski definition) is 2. The minimum absolute atomic E-state index is 0.0607. The molecular formula is C16H24BrNO2. The molecule has 1 aromatic carbocycles. The summed E-state index contributed by atoms with van der Waals surface area (Å²) in [7, 11) is 1.63. The van der Waals surface area contributed by atoms with Crippen molar-refractivity contribution in [3.63, 3.8) is 0 Å². The van der Waals surface area contributed by atoms with E-state index >= 15 is 0 Å². The number of carbonyl (C=O) groups excluding carboxylic acids is 1. The summed E-state index contributed by atoms with van der Waals surface area (Å²) in [5, 5.41) is 2.99. The van der Waals surface area contributed by atoms with Gasteiger partial charge in [0.05, 0.1) is 13.5 Å².